The van der Waals surface area contributed by atoms with E-state index in [2.05, 4.69) is 4.98 Å². The summed E-state index contributed by atoms with van der Waals surface area (Å²) < 4.78 is 20.1. The van der Waals surface area contributed by atoms with E-state index in [9.17, 15) is 9.18 Å². The van der Waals surface area contributed by atoms with Crippen LogP contribution in [-0.2, 0) is 19.4 Å². The summed E-state index contributed by atoms with van der Waals surface area (Å²) in [6, 6.07) is 5.95. The van der Waals surface area contributed by atoms with Crippen LogP contribution < -0.4 is 10.3 Å². The van der Waals surface area contributed by atoms with E-state index in [1.165, 1.54) is 29.0 Å². The number of fused-ring (bicyclic) bond motifs is 3. The first kappa shape index (κ1) is 16.3. The van der Waals surface area contributed by atoms with Gasteiger partial charge in [0, 0.05) is 11.4 Å². The van der Waals surface area contributed by atoms with Crippen molar-refractivity contribution in [1.82, 2.24) is 9.55 Å². The summed E-state index contributed by atoms with van der Waals surface area (Å²) in [6.45, 7) is 1.03. The lowest BCUT2D eigenvalue weighted by molar-refractivity contribution is 0.300. The van der Waals surface area contributed by atoms with Crippen molar-refractivity contribution in [2.45, 2.75) is 38.6 Å². The van der Waals surface area contributed by atoms with Gasteiger partial charge in [-0.05, 0) is 61.9 Å². The molecular weight excluding hydrogens is 339 g/mol. The highest BCUT2D eigenvalue weighted by Gasteiger charge is 2.19. The molecule has 0 saturated heterocycles. The van der Waals surface area contributed by atoms with Crippen molar-refractivity contribution in [3.8, 4) is 5.75 Å². The van der Waals surface area contributed by atoms with Gasteiger partial charge in [0.2, 0.25) is 0 Å². The summed E-state index contributed by atoms with van der Waals surface area (Å²) in [5, 5.41) is 0.821. The van der Waals surface area contributed by atoms with Gasteiger partial charge < -0.3 is 4.74 Å². The van der Waals surface area contributed by atoms with Crippen molar-refractivity contribution in [2.24, 2.45) is 0 Å². The first-order valence-corrected chi connectivity index (χ1v) is 9.42. The van der Waals surface area contributed by atoms with Gasteiger partial charge in [0.25, 0.3) is 5.56 Å². The fraction of sp³-hybridized carbons (Fsp3) is 0.368. The summed E-state index contributed by atoms with van der Waals surface area (Å²) in [7, 11) is 0. The van der Waals surface area contributed by atoms with Crippen LogP contribution in [0.2, 0.25) is 0 Å². The molecule has 4 rings (SSSR count). The van der Waals surface area contributed by atoms with Crippen molar-refractivity contribution in [1.29, 1.82) is 0 Å². The van der Waals surface area contributed by atoms with Crippen LogP contribution >= 0.6 is 11.3 Å². The Balaban J connectivity index is 1.45. The SMILES string of the molecule is O=c1c2c3c(sc2ncn1CCCOc1ccc(F)cc1)CCCC3. The van der Waals surface area contributed by atoms with Gasteiger partial charge in [0.1, 0.15) is 16.4 Å². The molecule has 3 aromatic rings. The van der Waals surface area contributed by atoms with E-state index >= 15 is 0 Å². The maximum atomic E-state index is 12.9. The average Bonchev–Trinajstić information content (AvgIpc) is 3.01. The smallest absolute Gasteiger partial charge is 0.262 e. The Morgan fingerprint density at radius 3 is 2.84 bits per heavy atom. The zero-order chi connectivity index (χ0) is 17.2. The number of benzene rings is 1. The molecule has 0 amide bonds. The van der Waals surface area contributed by atoms with Gasteiger partial charge in [-0.15, -0.1) is 11.3 Å². The monoisotopic (exact) mass is 358 g/mol. The van der Waals surface area contributed by atoms with Crippen molar-refractivity contribution in [2.75, 3.05) is 6.61 Å². The van der Waals surface area contributed by atoms with Crippen LogP contribution in [-0.4, -0.2) is 16.2 Å². The van der Waals surface area contributed by atoms with Crippen molar-refractivity contribution in [3.63, 3.8) is 0 Å². The van der Waals surface area contributed by atoms with Crippen molar-refractivity contribution in [3.05, 3.63) is 57.2 Å². The largest absolute Gasteiger partial charge is 0.494 e. The summed E-state index contributed by atoms with van der Waals surface area (Å²) in [6.07, 6.45) is 6.75. The third kappa shape index (κ3) is 3.31. The van der Waals surface area contributed by atoms with E-state index in [4.69, 9.17) is 4.74 Å². The molecule has 2 aromatic heterocycles. The third-order valence-corrected chi connectivity index (χ3v) is 5.77. The van der Waals surface area contributed by atoms with Gasteiger partial charge in [-0.3, -0.25) is 9.36 Å². The first-order valence-electron chi connectivity index (χ1n) is 8.60. The molecule has 2 heterocycles. The van der Waals surface area contributed by atoms with E-state index in [0.29, 0.717) is 25.3 Å². The minimum Gasteiger partial charge on any atom is -0.494 e. The zero-order valence-electron chi connectivity index (χ0n) is 13.8. The molecule has 4 nitrogen and oxygen atoms in total. The fourth-order valence-corrected chi connectivity index (χ4v) is 4.52. The Kier molecular flexibility index (Phi) is 4.53. The minimum atomic E-state index is -0.280. The number of halogens is 1. The molecule has 1 aromatic carbocycles. The fourth-order valence-electron chi connectivity index (χ4n) is 3.30. The number of nitrogens with zero attached hydrogens (tertiary/aromatic N) is 2. The summed E-state index contributed by atoms with van der Waals surface area (Å²) >= 11 is 1.67. The molecule has 0 spiro atoms. The van der Waals surface area contributed by atoms with Gasteiger partial charge in [0.05, 0.1) is 18.3 Å². The second-order valence-corrected chi connectivity index (χ2v) is 7.37. The molecule has 6 heteroatoms. The number of aryl methyl sites for hydroxylation is 3. The van der Waals surface area contributed by atoms with Gasteiger partial charge >= 0.3 is 0 Å². The van der Waals surface area contributed by atoms with E-state index in [1.807, 2.05) is 0 Å². The van der Waals surface area contributed by atoms with E-state index in [-0.39, 0.29) is 11.4 Å². The molecular formula is C19H19FN2O2S. The lowest BCUT2D eigenvalue weighted by atomic mass is 9.97. The molecule has 1 aliphatic carbocycles. The molecule has 25 heavy (non-hydrogen) atoms. The standard InChI is InChI=1S/C19H19FN2O2S/c20-13-6-8-14(9-7-13)24-11-3-10-22-12-21-18-17(19(22)23)15-4-1-2-5-16(15)25-18/h6-9,12H,1-5,10-11H2. The molecule has 0 N–H and O–H groups in total. The molecule has 0 atom stereocenters. The Hall–Kier alpha value is -2.21. The van der Waals surface area contributed by atoms with Crippen LogP contribution in [0.4, 0.5) is 4.39 Å². The topological polar surface area (TPSA) is 44.1 Å². The van der Waals surface area contributed by atoms with Crippen LogP contribution in [0, 0.1) is 5.82 Å². The number of ether oxygens (including phenoxy) is 1. The van der Waals surface area contributed by atoms with Crippen molar-refractivity contribution < 1.29 is 9.13 Å². The third-order valence-electron chi connectivity index (χ3n) is 4.57. The van der Waals surface area contributed by atoms with E-state index < -0.39 is 0 Å². The maximum Gasteiger partial charge on any atom is 0.262 e. The first-order chi connectivity index (χ1) is 12.2. The summed E-state index contributed by atoms with van der Waals surface area (Å²) in [5.74, 6) is 0.353. The molecule has 0 unspecified atom stereocenters. The van der Waals surface area contributed by atoms with Crippen LogP contribution in [0.1, 0.15) is 29.7 Å². The van der Waals surface area contributed by atoms with Crippen LogP contribution in [0.15, 0.2) is 35.4 Å². The molecule has 0 saturated carbocycles. The Bertz CT molecular complexity index is 946. The Labute approximate surface area is 148 Å². The second-order valence-electron chi connectivity index (χ2n) is 6.29. The molecule has 0 aliphatic heterocycles. The highest BCUT2D eigenvalue weighted by molar-refractivity contribution is 7.18. The average molecular weight is 358 g/mol. The molecule has 0 radical (unpaired) electrons. The molecule has 0 bridgehead atoms. The Morgan fingerprint density at radius 1 is 1.20 bits per heavy atom. The highest BCUT2D eigenvalue weighted by Crippen LogP contribution is 2.33. The predicted molar refractivity (Wildman–Crippen MR) is 97.0 cm³/mol. The number of aromatic nitrogens is 2. The van der Waals surface area contributed by atoms with Crippen LogP contribution in [0.5, 0.6) is 5.75 Å². The van der Waals surface area contributed by atoms with Crippen LogP contribution in [0.3, 0.4) is 0 Å². The maximum absolute atomic E-state index is 12.9. The number of thiophene rings is 1. The summed E-state index contributed by atoms with van der Waals surface area (Å²) in [4.78, 5) is 19.5. The molecule has 130 valence electrons. The van der Waals surface area contributed by atoms with Gasteiger partial charge in [-0.25, -0.2) is 9.37 Å². The minimum absolute atomic E-state index is 0.0613. The highest BCUT2D eigenvalue weighted by atomic mass is 32.1. The summed E-state index contributed by atoms with van der Waals surface area (Å²) in [5.41, 5.74) is 1.28. The van der Waals surface area contributed by atoms with Crippen LogP contribution in [0.25, 0.3) is 10.2 Å². The van der Waals surface area contributed by atoms with Gasteiger partial charge in [0.15, 0.2) is 0 Å². The molecule has 0 fully saturated rings. The van der Waals surface area contributed by atoms with Crippen molar-refractivity contribution >= 4 is 21.6 Å². The number of hydrogen-bond donors (Lipinski definition) is 0. The van der Waals surface area contributed by atoms with E-state index in [0.717, 1.165) is 29.5 Å². The number of rotatable bonds is 5. The second kappa shape index (κ2) is 6.96. The van der Waals surface area contributed by atoms with Gasteiger partial charge in [-0.2, -0.15) is 0 Å². The Morgan fingerprint density at radius 2 is 2.00 bits per heavy atom. The number of hydrogen-bond acceptors (Lipinski definition) is 4. The predicted octanol–water partition coefficient (Wildman–Crippen LogP) is 3.95. The molecule has 1 aliphatic rings. The van der Waals surface area contributed by atoms with E-state index in [1.54, 1.807) is 34.4 Å². The van der Waals surface area contributed by atoms with Gasteiger partial charge in [-0.1, -0.05) is 0 Å². The lowest BCUT2D eigenvalue weighted by Crippen LogP contribution is -2.22. The lowest BCUT2D eigenvalue weighted by Gasteiger charge is -2.10. The quantitative estimate of drug-likeness (QED) is 0.649. The zero-order valence-corrected chi connectivity index (χ0v) is 14.7. The normalized spacial score (nSPS) is 13.8.